The van der Waals surface area contributed by atoms with Crippen molar-refractivity contribution in [3.8, 4) is 0 Å². The third-order valence-corrected chi connectivity index (χ3v) is 4.11. The number of benzene rings is 2. The summed E-state index contributed by atoms with van der Waals surface area (Å²) in [5.74, 6) is -0.736. The molecular weight excluding hydrogens is 389 g/mol. The van der Waals surface area contributed by atoms with E-state index in [1.54, 1.807) is 0 Å². The lowest BCUT2D eigenvalue weighted by atomic mass is 10.1. The highest BCUT2D eigenvalue weighted by atomic mass is 79.9. The number of nitrogens with one attached hydrogen (secondary N) is 1. The van der Waals surface area contributed by atoms with E-state index in [1.165, 1.54) is 18.2 Å². The summed E-state index contributed by atoms with van der Waals surface area (Å²) >= 11 is 6.64. The van der Waals surface area contributed by atoms with Crippen LogP contribution in [0.25, 0.3) is 0 Å². The van der Waals surface area contributed by atoms with Crippen LogP contribution in [0.5, 0.6) is 0 Å². The van der Waals surface area contributed by atoms with Gasteiger partial charge in [0.1, 0.15) is 5.82 Å². The minimum atomic E-state index is -0.431. The molecule has 0 aromatic heterocycles. The van der Waals surface area contributed by atoms with Gasteiger partial charge in [0.05, 0.1) is 5.56 Å². The summed E-state index contributed by atoms with van der Waals surface area (Å²) in [5, 5.41) is 3.55. The van der Waals surface area contributed by atoms with Crippen molar-refractivity contribution in [2.24, 2.45) is 0 Å². The lowest BCUT2D eigenvalue weighted by molar-refractivity contribution is 0.0949. The minimum Gasteiger partial charge on any atom is -0.348 e. The maximum absolute atomic E-state index is 13.2. The molecule has 5 heteroatoms. The van der Waals surface area contributed by atoms with Gasteiger partial charge in [-0.25, -0.2) is 4.39 Å². The predicted molar refractivity (Wildman–Crippen MR) is 84.3 cm³/mol. The van der Waals surface area contributed by atoms with Crippen molar-refractivity contribution >= 4 is 37.8 Å². The maximum Gasteiger partial charge on any atom is 0.252 e. The van der Waals surface area contributed by atoms with Crippen molar-refractivity contribution in [1.29, 1.82) is 0 Å². The molecule has 2 rings (SSSR count). The summed E-state index contributed by atoms with van der Waals surface area (Å²) in [4.78, 5) is 12.0. The molecule has 0 unspecified atom stereocenters. The number of rotatable bonds is 4. The van der Waals surface area contributed by atoms with Crippen molar-refractivity contribution in [2.75, 3.05) is 0 Å². The van der Waals surface area contributed by atoms with Crippen molar-refractivity contribution in [3.63, 3.8) is 0 Å². The van der Waals surface area contributed by atoms with Crippen LogP contribution >= 0.6 is 31.9 Å². The Hall–Kier alpha value is -1.20. The Balaban J connectivity index is 2.06. The topological polar surface area (TPSA) is 29.1 Å². The molecule has 0 saturated heterocycles. The zero-order valence-electron chi connectivity index (χ0n) is 10.5. The Morgan fingerprint density at radius 3 is 2.65 bits per heavy atom. The Labute approximate surface area is 133 Å². The molecule has 0 atom stereocenters. The first-order chi connectivity index (χ1) is 9.60. The van der Waals surface area contributed by atoms with Gasteiger partial charge in [0.15, 0.2) is 0 Å². The van der Waals surface area contributed by atoms with E-state index in [0.29, 0.717) is 16.6 Å². The van der Waals surface area contributed by atoms with Gasteiger partial charge < -0.3 is 5.32 Å². The Kier molecular flexibility index (Phi) is 5.31. The minimum absolute atomic E-state index is 0.293. The van der Waals surface area contributed by atoms with E-state index in [4.69, 9.17) is 0 Å². The van der Waals surface area contributed by atoms with Crippen molar-refractivity contribution in [2.45, 2.75) is 11.9 Å². The number of amides is 1. The molecule has 0 radical (unpaired) electrons. The molecule has 1 N–H and O–H groups in total. The molecule has 1 amide bonds. The van der Waals surface area contributed by atoms with E-state index < -0.39 is 5.82 Å². The second-order valence-electron chi connectivity index (χ2n) is 4.26. The van der Waals surface area contributed by atoms with Crippen LogP contribution in [-0.4, -0.2) is 5.91 Å². The highest BCUT2D eigenvalue weighted by molar-refractivity contribution is 9.10. The van der Waals surface area contributed by atoms with Gasteiger partial charge in [-0.2, -0.15) is 0 Å². The molecule has 0 spiro atoms. The van der Waals surface area contributed by atoms with Crippen LogP contribution < -0.4 is 5.32 Å². The molecular formula is C15H12Br2FNO. The smallest absolute Gasteiger partial charge is 0.252 e. The van der Waals surface area contributed by atoms with Gasteiger partial charge in [-0.1, -0.05) is 40.2 Å². The van der Waals surface area contributed by atoms with Gasteiger partial charge in [-0.3, -0.25) is 4.79 Å². The van der Waals surface area contributed by atoms with Gasteiger partial charge >= 0.3 is 0 Å². The van der Waals surface area contributed by atoms with Gasteiger partial charge in [0.25, 0.3) is 5.91 Å². The fourth-order valence-electron chi connectivity index (χ4n) is 1.77. The lowest BCUT2D eigenvalue weighted by Crippen LogP contribution is -2.23. The number of hydrogen-bond donors (Lipinski definition) is 1. The number of carbonyl (C=O) groups excluding carboxylic acids is 1. The normalized spacial score (nSPS) is 10.3. The van der Waals surface area contributed by atoms with E-state index in [0.717, 1.165) is 16.5 Å². The monoisotopic (exact) mass is 399 g/mol. The maximum atomic E-state index is 13.2. The molecule has 104 valence electrons. The molecule has 0 aliphatic carbocycles. The van der Waals surface area contributed by atoms with Crippen molar-refractivity contribution in [3.05, 3.63) is 69.4 Å². The highest BCUT2D eigenvalue weighted by Gasteiger charge is 2.10. The van der Waals surface area contributed by atoms with Crippen LogP contribution in [0.1, 0.15) is 21.5 Å². The Bertz CT molecular complexity index is 631. The molecule has 2 nitrogen and oxygen atoms in total. The molecule has 0 aliphatic rings. The van der Waals surface area contributed by atoms with Crippen LogP contribution in [0, 0.1) is 5.82 Å². The first kappa shape index (κ1) is 15.2. The SMILES string of the molecule is O=C(NCc1cccc(CBr)c1)c1cc(F)ccc1Br. The summed E-state index contributed by atoms with van der Waals surface area (Å²) < 4.78 is 13.7. The fraction of sp³-hybridized carbons (Fsp3) is 0.133. The Morgan fingerprint density at radius 2 is 1.90 bits per heavy atom. The summed E-state index contributed by atoms with van der Waals surface area (Å²) in [6, 6.07) is 11.9. The van der Waals surface area contributed by atoms with Crippen LogP contribution in [0.15, 0.2) is 46.9 Å². The summed E-state index contributed by atoms with van der Waals surface area (Å²) in [7, 11) is 0. The number of hydrogen-bond acceptors (Lipinski definition) is 1. The van der Waals surface area contributed by atoms with E-state index in [9.17, 15) is 9.18 Å². The molecule has 0 aliphatic heterocycles. The predicted octanol–water partition coefficient (Wildman–Crippen LogP) is 4.41. The third-order valence-electron chi connectivity index (χ3n) is 2.77. The first-order valence-electron chi connectivity index (χ1n) is 5.97. The fourth-order valence-corrected chi connectivity index (χ4v) is 2.55. The van der Waals surface area contributed by atoms with E-state index in [1.807, 2.05) is 24.3 Å². The summed E-state index contributed by atoms with van der Waals surface area (Å²) in [6.45, 7) is 0.405. The van der Waals surface area contributed by atoms with Crippen LogP contribution in [0.3, 0.4) is 0 Å². The number of alkyl halides is 1. The standard InChI is InChI=1S/C15H12Br2FNO/c16-8-10-2-1-3-11(6-10)9-19-15(20)13-7-12(18)4-5-14(13)17/h1-7H,8-9H2,(H,19,20). The van der Waals surface area contributed by atoms with Gasteiger partial charge in [0, 0.05) is 16.3 Å². The van der Waals surface area contributed by atoms with E-state index >= 15 is 0 Å². The van der Waals surface area contributed by atoms with Crippen LogP contribution in [-0.2, 0) is 11.9 Å². The average molecular weight is 401 g/mol. The summed E-state index contributed by atoms with van der Waals surface area (Å²) in [5.41, 5.74) is 2.44. The largest absolute Gasteiger partial charge is 0.348 e. The van der Waals surface area contributed by atoms with Crippen molar-refractivity contribution in [1.82, 2.24) is 5.32 Å². The van der Waals surface area contributed by atoms with Gasteiger partial charge in [-0.15, -0.1) is 0 Å². The second kappa shape index (κ2) is 6.99. The highest BCUT2D eigenvalue weighted by Crippen LogP contribution is 2.18. The van der Waals surface area contributed by atoms with Gasteiger partial charge in [-0.05, 0) is 45.3 Å². The van der Waals surface area contributed by atoms with Crippen LogP contribution in [0.4, 0.5) is 4.39 Å². The first-order valence-corrected chi connectivity index (χ1v) is 7.88. The summed E-state index contributed by atoms with van der Waals surface area (Å²) in [6.07, 6.45) is 0. The van der Waals surface area contributed by atoms with Crippen molar-refractivity contribution < 1.29 is 9.18 Å². The van der Waals surface area contributed by atoms with E-state index in [2.05, 4.69) is 37.2 Å². The average Bonchev–Trinajstić information content (AvgIpc) is 2.47. The third kappa shape index (κ3) is 3.90. The second-order valence-corrected chi connectivity index (χ2v) is 5.68. The quantitative estimate of drug-likeness (QED) is 0.756. The van der Waals surface area contributed by atoms with E-state index in [-0.39, 0.29) is 5.91 Å². The molecule has 2 aromatic rings. The van der Waals surface area contributed by atoms with Crippen LogP contribution in [0.2, 0.25) is 0 Å². The molecule has 0 bridgehead atoms. The van der Waals surface area contributed by atoms with Gasteiger partial charge in [0.2, 0.25) is 0 Å². The lowest BCUT2D eigenvalue weighted by Gasteiger charge is -2.08. The molecule has 0 saturated carbocycles. The zero-order valence-corrected chi connectivity index (χ0v) is 13.7. The number of carbonyl (C=O) groups is 1. The molecule has 20 heavy (non-hydrogen) atoms. The molecule has 2 aromatic carbocycles. The molecule has 0 heterocycles. The zero-order chi connectivity index (χ0) is 14.5. The number of halogens is 3. The Morgan fingerprint density at radius 1 is 1.15 bits per heavy atom. The molecule has 0 fully saturated rings.